The van der Waals surface area contributed by atoms with Crippen LogP contribution in [0.5, 0.6) is 17.2 Å². The van der Waals surface area contributed by atoms with Crippen LogP contribution in [0, 0.1) is 17.2 Å². The number of pyridine rings is 1. The standard InChI is InChI=1S/C23H20FN3O5/c1-2-6-17(22(30)31)23(24,26)21(29)19-20(28)15-10-9-14(11-16(15)18(12-25)27-19)32-13-7-4-3-5-8-13/h3-5,7-11,17,28H,2,6,26H2,1H3,(H,30,31). The molecule has 2 unspecified atom stereocenters. The van der Waals surface area contributed by atoms with Crippen LogP contribution in [-0.4, -0.2) is 32.7 Å². The van der Waals surface area contributed by atoms with Crippen molar-refractivity contribution in [3.63, 3.8) is 0 Å². The van der Waals surface area contributed by atoms with E-state index in [1.165, 1.54) is 18.2 Å². The fourth-order valence-corrected chi connectivity index (χ4v) is 3.35. The molecule has 4 N–H and O–H groups in total. The molecule has 32 heavy (non-hydrogen) atoms. The molecule has 0 saturated heterocycles. The molecule has 3 aromatic rings. The average molecular weight is 437 g/mol. The monoisotopic (exact) mass is 437 g/mol. The number of Topliss-reactive ketones (excluding diaryl/α,β-unsaturated/α-hetero) is 1. The first-order valence-electron chi connectivity index (χ1n) is 9.75. The maximum Gasteiger partial charge on any atom is 0.311 e. The largest absolute Gasteiger partial charge is 0.505 e. The van der Waals surface area contributed by atoms with E-state index in [-0.39, 0.29) is 29.3 Å². The summed E-state index contributed by atoms with van der Waals surface area (Å²) >= 11 is 0. The van der Waals surface area contributed by atoms with E-state index in [2.05, 4.69) is 4.98 Å². The summed E-state index contributed by atoms with van der Waals surface area (Å²) in [6.45, 7) is 1.62. The molecule has 0 radical (unpaired) electrons. The number of carboxylic acids is 1. The van der Waals surface area contributed by atoms with E-state index >= 15 is 4.39 Å². The lowest BCUT2D eigenvalue weighted by molar-refractivity contribution is -0.146. The number of benzene rings is 2. The average Bonchev–Trinajstić information content (AvgIpc) is 2.77. The van der Waals surface area contributed by atoms with Crippen molar-refractivity contribution in [3.05, 3.63) is 59.9 Å². The van der Waals surface area contributed by atoms with E-state index in [9.17, 15) is 25.1 Å². The Balaban J connectivity index is 2.09. The lowest BCUT2D eigenvalue weighted by atomic mass is 9.88. The molecule has 0 saturated carbocycles. The van der Waals surface area contributed by atoms with Crippen LogP contribution in [0.15, 0.2) is 48.5 Å². The Morgan fingerprint density at radius 1 is 1.22 bits per heavy atom. The number of hydrogen-bond donors (Lipinski definition) is 3. The van der Waals surface area contributed by atoms with Gasteiger partial charge in [-0.05, 0) is 36.8 Å². The molecule has 1 heterocycles. The number of nitriles is 1. The lowest BCUT2D eigenvalue weighted by Gasteiger charge is -2.25. The summed E-state index contributed by atoms with van der Waals surface area (Å²) < 4.78 is 20.9. The van der Waals surface area contributed by atoms with Crippen molar-refractivity contribution in [2.45, 2.75) is 25.6 Å². The molecule has 0 amide bonds. The van der Waals surface area contributed by atoms with Gasteiger partial charge in [0, 0.05) is 10.8 Å². The number of carboxylic acid groups (broad SMARTS) is 1. The topological polar surface area (TPSA) is 147 Å². The van der Waals surface area contributed by atoms with Gasteiger partial charge < -0.3 is 14.9 Å². The molecule has 2 aromatic carbocycles. The van der Waals surface area contributed by atoms with Crippen LogP contribution in [0.1, 0.15) is 35.9 Å². The number of rotatable bonds is 8. The third-order valence-electron chi connectivity index (χ3n) is 4.98. The minimum atomic E-state index is -3.33. The van der Waals surface area contributed by atoms with Gasteiger partial charge in [0.2, 0.25) is 11.6 Å². The molecule has 0 aliphatic heterocycles. The Morgan fingerprint density at radius 2 is 1.91 bits per heavy atom. The number of carbonyl (C=O) groups excluding carboxylic acids is 1. The van der Waals surface area contributed by atoms with Crippen molar-refractivity contribution in [2.75, 3.05) is 0 Å². The fraction of sp³-hybridized carbons (Fsp3) is 0.217. The highest BCUT2D eigenvalue weighted by molar-refractivity contribution is 6.09. The quantitative estimate of drug-likeness (QED) is 0.355. The Morgan fingerprint density at radius 3 is 2.50 bits per heavy atom. The first-order chi connectivity index (χ1) is 15.2. The van der Waals surface area contributed by atoms with Crippen LogP contribution in [0.3, 0.4) is 0 Å². The van der Waals surface area contributed by atoms with Crippen molar-refractivity contribution in [2.24, 2.45) is 11.7 Å². The molecular weight excluding hydrogens is 417 g/mol. The molecule has 9 heteroatoms. The minimum Gasteiger partial charge on any atom is -0.505 e. The normalized spacial score (nSPS) is 13.7. The number of aliphatic carboxylic acids is 1. The van der Waals surface area contributed by atoms with Gasteiger partial charge in [-0.25, -0.2) is 9.37 Å². The molecule has 0 aliphatic rings. The summed E-state index contributed by atoms with van der Waals surface area (Å²) in [4.78, 5) is 28.1. The lowest BCUT2D eigenvalue weighted by Crippen LogP contribution is -2.53. The highest BCUT2D eigenvalue weighted by Crippen LogP contribution is 2.36. The van der Waals surface area contributed by atoms with Crippen molar-refractivity contribution in [3.8, 4) is 23.3 Å². The summed E-state index contributed by atoms with van der Waals surface area (Å²) in [6.07, 6.45) is 0.0611. The second kappa shape index (κ2) is 8.99. The molecule has 8 nitrogen and oxygen atoms in total. The van der Waals surface area contributed by atoms with Crippen molar-refractivity contribution in [1.82, 2.24) is 4.98 Å². The number of nitrogens with two attached hydrogens (primary N) is 1. The molecule has 1 aromatic heterocycles. The van der Waals surface area contributed by atoms with Gasteiger partial charge in [-0.3, -0.25) is 15.3 Å². The van der Waals surface area contributed by atoms with Gasteiger partial charge in [-0.2, -0.15) is 5.26 Å². The molecular formula is C23H20FN3O5. The first-order valence-corrected chi connectivity index (χ1v) is 9.75. The third-order valence-corrected chi connectivity index (χ3v) is 4.98. The zero-order valence-electron chi connectivity index (χ0n) is 17.1. The highest BCUT2D eigenvalue weighted by atomic mass is 19.1. The van der Waals surface area contributed by atoms with Gasteiger partial charge in [0.1, 0.15) is 29.2 Å². The SMILES string of the molecule is CCCC(C(=O)O)C(N)(F)C(=O)c1nc(C#N)c2cc(Oc3ccccc3)ccc2c1O. The molecule has 3 rings (SSSR count). The van der Waals surface area contributed by atoms with E-state index in [1.807, 2.05) is 6.07 Å². The highest BCUT2D eigenvalue weighted by Gasteiger charge is 2.48. The first kappa shape index (κ1) is 22.7. The Bertz CT molecular complexity index is 1220. The predicted octanol–water partition coefficient (Wildman–Crippen LogP) is 3.91. The maximum absolute atomic E-state index is 15.2. The van der Waals surface area contributed by atoms with Crippen LogP contribution in [0.2, 0.25) is 0 Å². The van der Waals surface area contributed by atoms with Gasteiger partial charge in [-0.15, -0.1) is 0 Å². The van der Waals surface area contributed by atoms with Crippen molar-refractivity contribution in [1.29, 1.82) is 5.26 Å². The van der Waals surface area contributed by atoms with Crippen LogP contribution in [-0.2, 0) is 4.79 Å². The molecule has 0 aliphatic carbocycles. The fourth-order valence-electron chi connectivity index (χ4n) is 3.35. The summed E-state index contributed by atoms with van der Waals surface area (Å²) in [6, 6.07) is 15.0. The van der Waals surface area contributed by atoms with Gasteiger partial charge in [0.05, 0.1) is 0 Å². The van der Waals surface area contributed by atoms with E-state index in [0.717, 1.165) is 0 Å². The van der Waals surface area contributed by atoms with Crippen LogP contribution in [0.25, 0.3) is 10.8 Å². The predicted molar refractivity (Wildman–Crippen MR) is 113 cm³/mol. The van der Waals surface area contributed by atoms with Gasteiger partial charge >= 0.3 is 5.97 Å². The van der Waals surface area contributed by atoms with Gasteiger partial charge in [-0.1, -0.05) is 31.5 Å². The van der Waals surface area contributed by atoms with E-state index < -0.39 is 34.9 Å². The number of alkyl halides is 1. The number of ether oxygens (including phenoxy) is 1. The number of aromatic hydroxyl groups is 1. The van der Waals surface area contributed by atoms with Gasteiger partial charge in [0.15, 0.2) is 11.4 Å². The number of ketones is 1. The minimum absolute atomic E-state index is 0.0403. The van der Waals surface area contributed by atoms with E-state index in [4.69, 9.17) is 10.5 Å². The second-order valence-corrected chi connectivity index (χ2v) is 7.17. The Hall–Kier alpha value is -4.03. The summed E-state index contributed by atoms with van der Waals surface area (Å²) in [5.74, 6) is -8.10. The van der Waals surface area contributed by atoms with E-state index in [1.54, 1.807) is 37.3 Å². The number of para-hydroxylation sites is 1. The molecule has 2 atom stereocenters. The van der Waals surface area contributed by atoms with Gasteiger partial charge in [0.25, 0.3) is 0 Å². The van der Waals surface area contributed by atoms with Crippen molar-refractivity contribution >= 4 is 22.5 Å². The summed E-state index contributed by atoms with van der Waals surface area (Å²) in [7, 11) is 0. The molecule has 164 valence electrons. The smallest absolute Gasteiger partial charge is 0.311 e. The number of aromatic nitrogens is 1. The number of carbonyl (C=O) groups is 2. The van der Waals surface area contributed by atoms with Crippen LogP contribution < -0.4 is 10.5 Å². The Kier molecular flexibility index (Phi) is 6.37. The molecule has 0 fully saturated rings. The number of hydrogen-bond acceptors (Lipinski definition) is 7. The zero-order chi connectivity index (χ0) is 23.5. The number of nitrogens with zero attached hydrogens (tertiary/aromatic N) is 2. The number of halogens is 1. The second-order valence-electron chi connectivity index (χ2n) is 7.17. The number of fused-ring (bicyclic) bond motifs is 1. The van der Waals surface area contributed by atoms with Crippen LogP contribution in [0.4, 0.5) is 4.39 Å². The van der Waals surface area contributed by atoms with E-state index in [0.29, 0.717) is 11.5 Å². The zero-order valence-corrected chi connectivity index (χ0v) is 17.1. The summed E-state index contributed by atoms with van der Waals surface area (Å²) in [5.41, 5.74) is 4.40. The molecule has 0 bridgehead atoms. The maximum atomic E-state index is 15.2. The Labute approximate surface area is 182 Å². The molecule has 0 spiro atoms. The summed E-state index contributed by atoms with van der Waals surface area (Å²) in [5, 5.41) is 29.7. The third kappa shape index (κ3) is 4.22. The van der Waals surface area contributed by atoms with Crippen LogP contribution >= 0.6 is 0 Å². The van der Waals surface area contributed by atoms with Crippen molar-refractivity contribution < 1.29 is 28.9 Å².